The third kappa shape index (κ3) is 7.24. The first-order chi connectivity index (χ1) is 8.54. The second-order valence-corrected chi connectivity index (χ2v) is 5.17. The summed E-state index contributed by atoms with van der Waals surface area (Å²) in [6.45, 7) is 3.08. The number of carboxylic acid groups (broad SMARTS) is 1. The molecule has 0 radical (unpaired) electrons. The van der Waals surface area contributed by atoms with Gasteiger partial charge in [0.2, 0.25) is 0 Å². The average molecular weight is 341 g/mol. The van der Waals surface area contributed by atoms with Crippen LogP contribution in [-0.2, 0) is 10.5 Å². The van der Waals surface area contributed by atoms with Gasteiger partial charge in [-0.2, -0.15) is 11.8 Å². The van der Waals surface area contributed by atoms with Crippen LogP contribution in [0.1, 0.15) is 12.5 Å². The molecule has 116 valence electrons. The van der Waals surface area contributed by atoms with Crippen LogP contribution in [0.3, 0.4) is 0 Å². The van der Waals surface area contributed by atoms with Crippen LogP contribution in [0, 0.1) is 0 Å². The van der Waals surface area contributed by atoms with Gasteiger partial charge in [0.25, 0.3) is 0 Å². The Kier molecular flexibility index (Phi) is 12.0. The largest absolute Gasteiger partial charge is 0.480 e. The number of nitrogens with two attached hydrogens (primary N) is 1. The summed E-state index contributed by atoms with van der Waals surface area (Å²) in [5, 5.41) is 8.66. The summed E-state index contributed by atoms with van der Waals surface area (Å²) in [7, 11) is 2.05. The third-order valence-corrected chi connectivity index (χ3v) is 3.87. The maximum Gasteiger partial charge on any atom is 0.321 e. The van der Waals surface area contributed by atoms with Gasteiger partial charge in [-0.3, -0.25) is 4.79 Å². The standard InChI is InChI=1S/C13H20N2O2S.2ClH/c1-3-15(2)11-6-4-10(5-7-11)8-18-9-12(14)13(16)17;;/h4-7,12H,3,8-9,14H2,1-2H3,(H,16,17);2*1H/t12-;;/m0../s1. The molecule has 0 fully saturated rings. The highest BCUT2D eigenvalue weighted by Crippen LogP contribution is 2.17. The van der Waals surface area contributed by atoms with E-state index in [-0.39, 0.29) is 24.8 Å². The van der Waals surface area contributed by atoms with Crippen molar-refractivity contribution >= 4 is 48.2 Å². The number of carboxylic acids is 1. The Bertz CT molecular complexity index is 390. The minimum atomic E-state index is -0.942. The highest BCUT2D eigenvalue weighted by atomic mass is 35.5. The van der Waals surface area contributed by atoms with E-state index < -0.39 is 12.0 Å². The van der Waals surface area contributed by atoms with E-state index >= 15 is 0 Å². The van der Waals surface area contributed by atoms with Crippen molar-refractivity contribution in [2.75, 3.05) is 24.2 Å². The molecule has 0 unspecified atom stereocenters. The molecule has 1 rings (SSSR count). The quantitative estimate of drug-likeness (QED) is 0.798. The van der Waals surface area contributed by atoms with Gasteiger partial charge in [0, 0.05) is 30.8 Å². The van der Waals surface area contributed by atoms with Gasteiger partial charge in [-0.1, -0.05) is 12.1 Å². The number of anilines is 1. The smallest absolute Gasteiger partial charge is 0.321 e. The summed E-state index contributed by atoms with van der Waals surface area (Å²) in [4.78, 5) is 12.7. The van der Waals surface area contributed by atoms with E-state index in [0.717, 1.165) is 12.3 Å². The molecule has 0 aromatic heterocycles. The van der Waals surface area contributed by atoms with Gasteiger partial charge in [0.1, 0.15) is 6.04 Å². The van der Waals surface area contributed by atoms with Gasteiger partial charge in [-0.15, -0.1) is 24.8 Å². The van der Waals surface area contributed by atoms with Crippen LogP contribution in [0.2, 0.25) is 0 Å². The molecule has 7 heteroatoms. The topological polar surface area (TPSA) is 66.6 Å². The fraction of sp³-hybridized carbons (Fsp3) is 0.462. The van der Waals surface area contributed by atoms with Crippen molar-refractivity contribution in [2.45, 2.75) is 18.7 Å². The average Bonchev–Trinajstić information content (AvgIpc) is 2.38. The zero-order valence-corrected chi connectivity index (χ0v) is 14.1. The predicted octanol–water partition coefficient (Wildman–Crippen LogP) is 2.63. The van der Waals surface area contributed by atoms with Crippen molar-refractivity contribution in [1.29, 1.82) is 0 Å². The minimum Gasteiger partial charge on any atom is -0.480 e. The highest BCUT2D eigenvalue weighted by molar-refractivity contribution is 7.98. The van der Waals surface area contributed by atoms with Crippen molar-refractivity contribution in [3.05, 3.63) is 29.8 Å². The molecular weight excluding hydrogens is 319 g/mol. The van der Waals surface area contributed by atoms with Crippen molar-refractivity contribution < 1.29 is 9.90 Å². The SMILES string of the molecule is CCN(C)c1ccc(CSC[C@H](N)C(=O)O)cc1.Cl.Cl. The summed E-state index contributed by atoms with van der Waals surface area (Å²) in [5.41, 5.74) is 7.81. The number of thioether (sulfide) groups is 1. The van der Waals surface area contributed by atoms with Gasteiger partial charge in [-0.05, 0) is 24.6 Å². The highest BCUT2D eigenvalue weighted by Gasteiger charge is 2.10. The molecule has 1 aromatic rings. The summed E-state index contributed by atoms with van der Waals surface area (Å²) >= 11 is 1.54. The molecule has 0 bridgehead atoms. The summed E-state index contributed by atoms with van der Waals surface area (Å²) in [6, 6.07) is 7.52. The minimum absolute atomic E-state index is 0. The third-order valence-electron chi connectivity index (χ3n) is 2.73. The van der Waals surface area contributed by atoms with E-state index in [0.29, 0.717) is 5.75 Å². The molecule has 0 aliphatic heterocycles. The molecule has 0 saturated carbocycles. The van der Waals surface area contributed by atoms with Crippen LogP contribution >= 0.6 is 36.6 Å². The van der Waals surface area contributed by atoms with Crippen LogP contribution in [0.25, 0.3) is 0 Å². The summed E-state index contributed by atoms with van der Waals surface area (Å²) < 4.78 is 0. The lowest BCUT2D eigenvalue weighted by Crippen LogP contribution is -2.32. The first-order valence-electron chi connectivity index (χ1n) is 5.90. The Hall–Kier alpha value is -0.620. The maximum absolute atomic E-state index is 10.6. The lowest BCUT2D eigenvalue weighted by atomic mass is 10.2. The Balaban J connectivity index is 0. The molecule has 20 heavy (non-hydrogen) atoms. The molecule has 0 aliphatic carbocycles. The van der Waals surface area contributed by atoms with Crippen LogP contribution in [-0.4, -0.2) is 36.5 Å². The molecule has 0 heterocycles. The molecule has 4 nitrogen and oxygen atoms in total. The van der Waals surface area contributed by atoms with E-state index in [2.05, 4.69) is 43.1 Å². The molecule has 0 amide bonds. The Morgan fingerprint density at radius 3 is 2.35 bits per heavy atom. The lowest BCUT2D eigenvalue weighted by molar-refractivity contribution is -0.137. The van der Waals surface area contributed by atoms with Crippen molar-refractivity contribution in [3.8, 4) is 0 Å². The van der Waals surface area contributed by atoms with Crippen molar-refractivity contribution in [3.63, 3.8) is 0 Å². The number of aliphatic carboxylic acids is 1. The number of hydrogen-bond donors (Lipinski definition) is 2. The molecule has 0 saturated heterocycles. The van der Waals surface area contributed by atoms with Gasteiger partial charge in [0.15, 0.2) is 0 Å². The second-order valence-electron chi connectivity index (χ2n) is 4.14. The van der Waals surface area contributed by atoms with E-state index in [9.17, 15) is 4.79 Å². The maximum atomic E-state index is 10.6. The van der Waals surface area contributed by atoms with Crippen molar-refractivity contribution in [2.24, 2.45) is 5.73 Å². The number of carbonyl (C=O) groups is 1. The van der Waals surface area contributed by atoms with Crippen LogP contribution < -0.4 is 10.6 Å². The summed E-state index contributed by atoms with van der Waals surface area (Å²) in [5.74, 6) is 0.283. The number of benzene rings is 1. The monoisotopic (exact) mass is 340 g/mol. The van der Waals surface area contributed by atoms with Crippen LogP contribution in [0.4, 0.5) is 5.69 Å². The van der Waals surface area contributed by atoms with E-state index in [1.807, 2.05) is 0 Å². The van der Waals surface area contributed by atoms with E-state index in [4.69, 9.17) is 10.8 Å². The number of halogens is 2. The molecular formula is C13H22Cl2N2O2S. The molecule has 1 atom stereocenters. The Morgan fingerprint density at radius 2 is 1.90 bits per heavy atom. The number of rotatable bonds is 7. The number of hydrogen-bond acceptors (Lipinski definition) is 4. The zero-order valence-electron chi connectivity index (χ0n) is 11.6. The van der Waals surface area contributed by atoms with Crippen LogP contribution in [0.5, 0.6) is 0 Å². The molecule has 0 aliphatic rings. The van der Waals surface area contributed by atoms with E-state index in [1.165, 1.54) is 11.3 Å². The lowest BCUT2D eigenvalue weighted by Gasteiger charge is -2.16. The molecule has 1 aromatic carbocycles. The fourth-order valence-corrected chi connectivity index (χ4v) is 2.35. The van der Waals surface area contributed by atoms with Gasteiger partial charge in [0.05, 0.1) is 0 Å². The Labute approximate surface area is 136 Å². The first kappa shape index (κ1) is 21.7. The van der Waals surface area contributed by atoms with Gasteiger partial charge in [-0.25, -0.2) is 0 Å². The molecule has 0 spiro atoms. The van der Waals surface area contributed by atoms with Gasteiger partial charge < -0.3 is 15.7 Å². The van der Waals surface area contributed by atoms with Crippen molar-refractivity contribution in [1.82, 2.24) is 0 Å². The Morgan fingerprint density at radius 1 is 1.35 bits per heavy atom. The summed E-state index contributed by atoms with van der Waals surface area (Å²) in [6.07, 6.45) is 0. The predicted molar refractivity (Wildman–Crippen MR) is 91.7 cm³/mol. The normalized spacial score (nSPS) is 10.9. The molecule has 3 N–H and O–H groups in total. The van der Waals surface area contributed by atoms with Gasteiger partial charge >= 0.3 is 5.97 Å². The zero-order chi connectivity index (χ0) is 13.5. The first-order valence-corrected chi connectivity index (χ1v) is 7.06. The second kappa shape index (κ2) is 11.1. The fourth-order valence-electron chi connectivity index (χ4n) is 1.40. The van der Waals surface area contributed by atoms with Crippen LogP contribution in [0.15, 0.2) is 24.3 Å². The van der Waals surface area contributed by atoms with E-state index in [1.54, 1.807) is 11.8 Å². The number of nitrogens with zero attached hydrogens (tertiary/aromatic N) is 1.